The molecule has 43 heavy (non-hydrogen) atoms. The van der Waals surface area contributed by atoms with Crippen LogP contribution < -0.4 is 4.74 Å². The van der Waals surface area contributed by atoms with E-state index in [1.54, 1.807) is 18.0 Å². The van der Waals surface area contributed by atoms with Crippen LogP contribution in [0.1, 0.15) is 59.6 Å². The van der Waals surface area contributed by atoms with Crippen molar-refractivity contribution in [2.24, 2.45) is 0 Å². The van der Waals surface area contributed by atoms with E-state index in [4.69, 9.17) is 4.74 Å². The van der Waals surface area contributed by atoms with Crippen LogP contribution in [-0.4, -0.2) is 69.3 Å². The SMILES string of the molecule is Cc1ccc(C#CC(=O)N(C)[C@@H]2CC[C@@]3(O)[C@H]4Cc5ccc(O)c6c5[C@@]3(CCN4CCc3ccccc3)[C@@]2(C)O6)cc1C. The van der Waals surface area contributed by atoms with Crippen LogP contribution in [0.15, 0.2) is 60.7 Å². The van der Waals surface area contributed by atoms with Gasteiger partial charge in [0, 0.05) is 36.7 Å². The summed E-state index contributed by atoms with van der Waals surface area (Å²) in [6.45, 7) is 7.82. The van der Waals surface area contributed by atoms with Crippen molar-refractivity contribution in [1.82, 2.24) is 9.80 Å². The lowest BCUT2D eigenvalue weighted by Crippen LogP contribution is -2.82. The quantitative estimate of drug-likeness (QED) is 0.442. The number of benzene rings is 3. The summed E-state index contributed by atoms with van der Waals surface area (Å²) in [5.41, 5.74) is 3.75. The second kappa shape index (κ2) is 9.87. The van der Waals surface area contributed by atoms with Gasteiger partial charge < -0.3 is 19.8 Å². The Kier molecular flexibility index (Phi) is 6.43. The van der Waals surface area contributed by atoms with Gasteiger partial charge in [0.15, 0.2) is 11.5 Å². The predicted molar refractivity (Wildman–Crippen MR) is 166 cm³/mol. The molecule has 3 aromatic rings. The first kappa shape index (κ1) is 28.0. The molecule has 3 aromatic carbocycles. The average Bonchev–Trinajstić information content (AvgIpc) is 3.28. The molecule has 0 radical (unpaired) electrons. The monoisotopic (exact) mass is 576 g/mol. The van der Waals surface area contributed by atoms with Crippen LogP contribution in [0.25, 0.3) is 0 Å². The Labute approximate surface area is 254 Å². The molecule has 1 saturated carbocycles. The lowest BCUT2D eigenvalue weighted by Gasteiger charge is -2.67. The molecule has 1 amide bonds. The molecule has 4 aliphatic rings. The molecule has 0 aromatic heterocycles. The number of phenols is 1. The summed E-state index contributed by atoms with van der Waals surface area (Å²) in [6, 6.07) is 19.8. The van der Waals surface area contributed by atoms with Gasteiger partial charge in [-0.2, -0.15) is 0 Å². The number of ether oxygens (including phenoxy) is 1. The van der Waals surface area contributed by atoms with Crippen molar-refractivity contribution in [3.05, 3.63) is 94.0 Å². The minimum Gasteiger partial charge on any atom is -0.504 e. The largest absolute Gasteiger partial charge is 0.504 e. The number of hydrogen-bond acceptors (Lipinski definition) is 5. The third-order valence-electron chi connectivity index (χ3n) is 11.3. The van der Waals surface area contributed by atoms with Crippen LogP contribution in [0, 0.1) is 25.7 Å². The molecule has 6 heteroatoms. The number of likely N-dealkylation sites (tertiary alicyclic amines) is 1. The molecule has 7 rings (SSSR count). The van der Waals surface area contributed by atoms with E-state index in [2.05, 4.69) is 47.9 Å². The average molecular weight is 577 g/mol. The highest BCUT2D eigenvalue weighted by atomic mass is 16.5. The minimum absolute atomic E-state index is 0.0811. The van der Waals surface area contributed by atoms with E-state index < -0.39 is 16.6 Å². The molecule has 5 atom stereocenters. The summed E-state index contributed by atoms with van der Waals surface area (Å²) in [5.74, 6) is 6.23. The summed E-state index contributed by atoms with van der Waals surface area (Å²) in [6.07, 6.45) is 3.42. The first-order chi connectivity index (χ1) is 20.6. The maximum absolute atomic E-state index is 13.6. The van der Waals surface area contributed by atoms with Gasteiger partial charge in [-0.05, 0) is 99.9 Å². The van der Waals surface area contributed by atoms with E-state index in [-0.39, 0.29) is 23.7 Å². The van der Waals surface area contributed by atoms with Gasteiger partial charge in [0.25, 0.3) is 5.91 Å². The molecule has 2 N–H and O–H groups in total. The summed E-state index contributed by atoms with van der Waals surface area (Å²) < 4.78 is 6.83. The number of nitrogens with zero attached hydrogens (tertiary/aromatic N) is 2. The Morgan fingerprint density at radius 3 is 2.65 bits per heavy atom. The standard InChI is InChI=1S/C37H40N2O4/c1-24-10-11-27(22-25(24)2)12-15-32(41)38(4)30-16-18-37(42)31-23-28-13-14-29(40)34-33(28)36(37,35(30,3)43-34)19-21-39(31)20-17-26-8-6-5-7-9-26/h5-11,13-14,22,30-31,40,42H,16-21,23H2,1-4H3/t30-,31-,35+,36+,37-/m1/s1. The Morgan fingerprint density at radius 1 is 1.09 bits per heavy atom. The zero-order chi connectivity index (χ0) is 30.1. The van der Waals surface area contributed by atoms with Gasteiger partial charge >= 0.3 is 0 Å². The number of amides is 1. The lowest BCUT2D eigenvalue weighted by molar-refractivity contribution is -0.228. The number of aromatic hydroxyl groups is 1. The molecule has 222 valence electrons. The van der Waals surface area contributed by atoms with Gasteiger partial charge in [-0.25, -0.2) is 0 Å². The molecule has 2 aliphatic carbocycles. The Balaban J connectivity index is 1.25. The first-order valence-electron chi connectivity index (χ1n) is 15.5. The number of aliphatic hydroxyl groups is 1. The lowest BCUT2D eigenvalue weighted by atomic mass is 9.44. The van der Waals surface area contributed by atoms with Crippen molar-refractivity contribution in [2.75, 3.05) is 20.1 Å². The highest BCUT2D eigenvalue weighted by molar-refractivity contribution is 5.94. The van der Waals surface area contributed by atoms with E-state index >= 15 is 0 Å². The Bertz CT molecular complexity index is 1680. The molecular formula is C37H40N2O4. The van der Waals surface area contributed by atoms with Crippen LogP contribution in [0.4, 0.5) is 0 Å². The van der Waals surface area contributed by atoms with Crippen LogP contribution in [-0.2, 0) is 23.1 Å². The normalized spacial score (nSPS) is 30.1. The van der Waals surface area contributed by atoms with Gasteiger partial charge in [-0.1, -0.05) is 48.4 Å². The third kappa shape index (κ3) is 3.91. The van der Waals surface area contributed by atoms with Gasteiger partial charge in [0.1, 0.15) is 5.60 Å². The maximum atomic E-state index is 13.6. The number of carbonyl (C=O) groups excluding carboxylic acids is 1. The molecule has 2 aliphatic heterocycles. The van der Waals surface area contributed by atoms with Crippen molar-refractivity contribution >= 4 is 5.91 Å². The van der Waals surface area contributed by atoms with E-state index in [0.717, 1.165) is 41.8 Å². The van der Waals surface area contributed by atoms with E-state index in [1.807, 2.05) is 44.2 Å². The van der Waals surface area contributed by atoms with Crippen molar-refractivity contribution in [1.29, 1.82) is 0 Å². The van der Waals surface area contributed by atoms with Crippen molar-refractivity contribution in [3.8, 4) is 23.3 Å². The zero-order valence-corrected chi connectivity index (χ0v) is 25.5. The smallest absolute Gasteiger partial charge is 0.298 e. The highest BCUT2D eigenvalue weighted by Crippen LogP contribution is 2.69. The minimum atomic E-state index is -1.06. The molecule has 0 unspecified atom stereocenters. The summed E-state index contributed by atoms with van der Waals surface area (Å²) >= 11 is 0. The zero-order valence-electron chi connectivity index (χ0n) is 25.5. The van der Waals surface area contributed by atoms with Crippen molar-refractivity contribution in [3.63, 3.8) is 0 Å². The number of likely N-dealkylation sites (N-methyl/N-ethyl adjacent to an activating group) is 1. The van der Waals surface area contributed by atoms with Gasteiger partial charge in [-0.3, -0.25) is 9.69 Å². The van der Waals surface area contributed by atoms with E-state index in [1.165, 1.54) is 11.1 Å². The number of hydrogen-bond donors (Lipinski definition) is 2. The number of rotatable bonds is 4. The number of aryl methyl sites for hydroxylation is 2. The fraction of sp³-hybridized carbons (Fsp3) is 0.432. The second-order valence-corrected chi connectivity index (χ2v) is 13.2. The highest BCUT2D eigenvalue weighted by Gasteiger charge is 2.78. The molecule has 6 nitrogen and oxygen atoms in total. The van der Waals surface area contributed by atoms with E-state index in [0.29, 0.717) is 31.4 Å². The van der Waals surface area contributed by atoms with E-state index in [9.17, 15) is 15.0 Å². The van der Waals surface area contributed by atoms with Gasteiger partial charge in [-0.15, -0.1) is 0 Å². The Hall–Kier alpha value is -3.79. The molecular weight excluding hydrogens is 536 g/mol. The molecule has 1 saturated heterocycles. The molecule has 2 fully saturated rings. The predicted octanol–water partition coefficient (Wildman–Crippen LogP) is 4.67. The van der Waals surface area contributed by atoms with Crippen LogP contribution in [0.3, 0.4) is 0 Å². The third-order valence-corrected chi connectivity index (χ3v) is 11.3. The number of phenolic OH excluding ortho intramolecular Hbond substituents is 1. The van der Waals surface area contributed by atoms with Crippen molar-refractivity contribution in [2.45, 2.75) is 81.6 Å². The molecule has 2 heterocycles. The first-order valence-corrected chi connectivity index (χ1v) is 15.5. The second-order valence-electron chi connectivity index (χ2n) is 13.2. The fourth-order valence-corrected chi connectivity index (χ4v) is 8.98. The summed E-state index contributed by atoms with van der Waals surface area (Å²) in [7, 11) is 1.80. The Morgan fingerprint density at radius 2 is 1.88 bits per heavy atom. The molecule has 1 spiro atoms. The van der Waals surface area contributed by atoms with Gasteiger partial charge in [0.05, 0.1) is 17.1 Å². The number of carbonyl (C=O) groups is 1. The van der Waals surface area contributed by atoms with Gasteiger partial charge in [0.2, 0.25) is 0 Å². The fourth-order valence-electron chi connectivity index (χ4n) is 8.98. The van der Waals surface area contributed by atoms with Crippen LogP contribution in [0.2, 0.25) is 0 Å². The summed E-state index contributed by atoms with van der Waals surface area (Å²) in [5, 5.41) is 24.0. The summed E-state index contributed by atoms with van der Waals surface area (Å²) in [4.78, 5) is 17.8. The van der Waals surface area contributed by atoms with Crippen LogP contribution in [0.5, 0.6) is 11.5 Å². The number of piperidine rings is 1. The maximum Gasteiger partial charge on any atom is 0.298 e. The van der Waals surface area contributed by atoms with Crippen molar-refractivity contribution < 1.29 is 19.7 Å². The topological polar surface area (TPSA) is 73.2 Å². The van der Waals surface area contributed by atoms with Crippen LogP contribution >= 0.6 is 0 Å². The molecule has 2 bridgehead atoms.